The number of benzene rings is 2. The molecule has 0 aliphatic rings. The quantitative estimate of drug-likeness (QED) is 0.482. The van der Waals surface area contributed by atoms with E-state index in [1.54, 1.807) is 24.3 Å². The van der Waals surface area contributed by atoms with Gasteiger partial charge in [-0.05, 0) is 56.1 Å². The summed E-state index contributed by atoms with van der Waals surface area (Å²) in [7, 11) is 0. The van der Waals surface area contributed by atoms with E-state index in [1.165, 1.54) is 0 Å². The SMILES string of the molecule is Nc1c(Br)cc2nc(-c3ccc(Cl)c(Cl)c3)oc2c1Br. The molecule has 0 spiro atoms. The molecule has 0 fully saturated rings. The van der Waals surface area contributed by atoms with E-state index in [0.717, 1.165) is 10.0 Å². The third-order valence-electron chi connectivity index (χ3n) is 2.78. The van der Waals surface area contributed by atoms with Crippen LogP contribution in [0.1, 0.15) is 0 Å². The molecule has 3 aromatic rings. The molecule has 1 heterocycles. The highest BCUT2D eigenvalue weighted by molar-refractivity contribution is 9.11. The maximum Gasteiger partial charge on any atom is 0.227 e. The van der Waals surface area contributed by atoms with Crippen LogP contribution in [-0.4, -0.2) is 4.98 Å². The van der Waals surface area contributed by atoms with E-state index in [9.17, 15) is 0 Å². The summed E-state index contributed by atoms with van der Waals surface area (Å²) in [6.45, 7) is 0. The van der Waals surface area contributed by atoms with E-state index in [-0.39, 0.29) is 0 Å². The van der Waals surface area contributed by atoms with Gasteiger partial charge in [-0.2, -0.15) is 0 Å². The number of hydrogen-bond donors (Lipinski definition) is 1. The van der Waals surface area contributed by atoms with Crippen molar-refractivity contribution in [2.24, 2.45) is 0 Å². The van der Waals surface area contributed by atoms with E-state index in [0.29, 0.717) is 37.2 Å². The molecule has 7 heteroatoms. The number of anilines is 1. The van der Waals surface area contributed by atoms with Gasteiger partial charge in [-0.15, -0.1) is 0 Å². The molecule has 0 saturated carbocycles. The number of oxazole rings is 1. The largest absolute Gasteiger partial charge is 0.435 e. The van der Waals surface area contributed by atoms with Crippen molar-refractivity contribution in [1.29, 1.82) is 0 Å². The first-order valence-electron chi connectivity index (χ1n) is 5.47. The Balaban J connectivity index is 2.23. The van der Waals surface area contributed by atoms with Gasteiger partial charge in [-0.1, -0.05) is 23.2 Å². The van der Waals surface area contributed by atoms with Gasteiger partial charge in [0.25, 0.3) is 0 Å². The Morgan fingerprint density at radius 3 is 2.55 bits per heavy atom. The molecule has 2 aromatic carbocycles. The molecule has 0 unspecified atom stereocenters. The number of nitrogens with two attached hydrogens (primary N) is 1. The van der Waals surface area contributed by atoms with Gasteiger partial charge >= 0.3 is 0 Å². The van der Waals surface area contributed by atoms with E-state index >= 15 is 0 Å². The van der Waals surface area contributed by atoms with Crippen LogP contribution in [0.25, 0.3) is 22.6 Å². The number of nitrogens with zero attached hydrogens (tertiary/aromatic N) is 1. The zero-order valence-corrected chi connectivity index (χ0v) is 14.4. The number of hydrogen-bond acceptors (Lipinski definition) is 3. The van der Waals surface area contributed by atoms with Crippen molar-refractivity contribution in [2.75, 3.05) is 5.73 Å². The molecular weight excluding hydrogens is 431 g/mol. The lowest BCUT2D eigenvalue weighted by atomic mass is 10.2. The van der Waals surface area contributed by atoms with Gasteiger partial charge in [0.05, 0.1) is 20.2 Å². The van der Waals surface area contributed by atoms with Crippen LogP contribution in [-0.2, 0) is 0 Å². The predicted octanol–water partition coefficient (Wildman–Crippen LogP) is 5.91. The lowest BCUT2D eigenvalue weighted by molar-refractivity contribution is 0.618. The highest BCUT2D eigenvalue weighted by atomic mass is 79.9. The van der Waals surface area contributed by atoms with E-state index in [2.05, 4.69) is 36.8 Å². The van der Waals surface area contributed by atoms with Crippen molar-refractivity contribution in [3.05, 3.63) is 43.3 Å². The van der Waals surface area contributed by atoms with Crippen LogP contribution in [0.2, 0.25) is 10.0 Å². The van der Waals surface area contributed by atoms with Crippen LogP contribution in [0.5, 0.6) is 0 Å². The molecule has 2 N–H and O–H groups in total. The van der Waals surface area contributed by atoms with Gasteiger partial charge in [-0.25, -0.2) is 4.98 Å². The van der Waals surface area contributed by atoms with Crippen molar-refractivity contribution in [2.45, 2.75) is 0 Å². The monoisotopic (exact) mass is 434 g/mol. The minimum absolute atomic E-state index is 0.450. The van der Waals surface area contributed by atoms with Gasteiger partial charge in [0.2, 0.25) is 5.89 Å². The summed E-state index contributed by atoms with van der Waals surface area (Å²) in [5.41, 5.74) is 8.51. The molecule has 20 heavy (non-hydrogen) atoms. The summed E-state index contributed by atoms with van der Waals surface area (Å²) < 4.78 is 7.18. The van der Waals surface area contributed by atoms with Gasteiger partial charge in [0.1, 0.15) is 5.52 Å². The standard InChI is InChI=1S/C13H6Br2Cl2N2O/c14-6-4-9-12(10(15)11(6)18)20-13(19-9)5-1-2-7(16)8(17)3-5/h1-4H,18H2. The molecule has 0 saturated heterocycles. The van der Waals surface area contributed by atoms with Gasteiger partial charge < -0.3 is 10.2 Å². The second-order valence-electron chi connectivity index (χ2n) is 4.08. The Hall–Kier alpha value is -0.750. The van der Waals surface area contributed by atoms with Crippen LogP contribution in [0.15, 0.2) is 37.6 Å². The maximum absolute atomic E-state index is 6.01. The number of halogens is 4. The Labute approximate surface area is 141 Å². The summed E-state index contributed by atoms with van der Waals surface area (Å²) >= 11 is 18.7. The molecule has 1 aromatic heterocycles. The van der Waals surface area contributed by atoms with Crippen molar-refractivity contribution < 1.29 is 4.42 Å². The fourth-order valence-corrected chi connectivity index (χ4v) is 3.24. The average Bonchev–Trinajstić information content (AvgIpc) is 2.83. The molecule has 0 radical (unpaired) electrons. The van der Waals surface area contributed by atoms with Crippen molar-refractivity contribution >= 4 is 71.8 Å². The molecule has 0 aliphatic heterocycles. The lowest BCUT2D eigenvalue weighted by Gasteiger charge is -2.00. The second kappa shape index (κ2) is 5.22. The molecule has 3 rings (SSSR count). The van der Waals surface area contributed by atoms with Gasteiger partial charge in [0.15, 0.2) is 5.58 Å². The van der Waals surface area contributed by atoms with Crippen molar-refractivity contribution in [3.63, 3.8) is 0 Å². The third-order valence-corrected chi connectivity index (χ3v) is 4.96. The van der Waals surface area contributed by atoms with Gasteiger partial charge in [-0.3, -0.25) is 0 Å². The molecule has 3 nitrogen and oxygen atoms in total. The summed E-state index contributed by atoms with van der Waals surface area (Å²) in [4.78, 5) is 4.43. The van der Waals surface area contributed by atoms with Crippen LogP contribution >= 0.6 is 55.1 Å². The fraction of sp³-hybridized carbons (Fsp3) is 0. The normalized spacial score (nSPS) is 11.2. The van der Waals surface area contributed by atoms with E-state index < -0.39 is 0 Å². The number of aromatic nitrogens is 1. The topological polar surface area (TPSA) is 52.0 Å². The average molecular weight is 437 g/mol. The minimum Gasteiger partial charge on any atom is -0.435 e. The highest BCUT2D eigenvalue weighted by Gasteiger charge is 2.15. The molecular formula is C13H6Br2Cl2N2O. The summed E-state index contributed by atoms with van der Waals surface area (Å²) in [6, 6.07) is 7.01. The predicted molar refractivity (Wildman–Crippen MR) is 89.3 cm³/mol. The zero-order valence-electron chi connectivity index (χ0n) is 9.75. The molecule has 0 atom stereocenters. The maximum atomic E-state index is 6.01. The molecule has 102 valence electrons. The Morgan fingerprint density at radius 1 is 1.10 bits per heavy atom. The van der Waals surface area contributed by atoms with Crippen LogP contribution in [0.3, 0.4) is 0 Å². The Bertz CT molecular complexity index is 833. The molecule has 0 bridgehead atoms. The lowest BCUT2D eigenvalue weighted by Crippen LogP contribution is -1.88. The number of nitrogen functional groups attached to an aromatic ring is 1. The summed E-state index contributed by atoms with van der Waals surface area (Å²) in [5, 5.41) is 0.936. The van der Waals surface area contributed by atoms with Crippen LogP contribution < -0.4 is 5.73 Å². The Kier molecular flexibility index (Phi) is 3.71. The number of fused-ring (bicyclic) bond motifs is 1. The number of rotatable bonds is 1. The zero-order chi connectivity index (χ0) is 14.4. The minimum atomic E-state index is 0.450. The van der Waals surface area contributed by atoms with Crippen LogP contribution in [0, 0.1) is 0 Å². The second-order valence-corrected chi connectivity index (χ2v) is 6.54. The fourth-order valence-electron chi connectivity index (χ4n) is 1.76. The third kappa shape index (κ3) is 2.33. The first-order chi connectivity index (χ1) is 9.47. The Morgan fingerprint density at radius 2 is 1.85 bits per heavy atom. The first-order valence-corrected chi connectivity index (χ1v) is 7.81. The summed E-state index contributed by atoms with van der Waals surface area (Å²) in [6.07, 6.45) is 0. The van der Waals surface area contributed by atoms with Crippen molar-refractivity contribution in [1.82, 2.24) is 4.98 Å². The van der Waals surface area contributed by atoms with Crippen molar-refractivity contribution in [3.8, 4) is 11.5 Å². The van der Waals surface area contributed by atoms with Crippen LogP contribution in [0.4, 0.5) is 5.69 Å². The molecule has 0 aliphatic carbocycles. The first kappa shape index (κ1) is 14.2. The van der Waals surface area contributed by atoms with Gasteiger partial charge in [0, 0.05) is 10.0 Å². The highest BCUT2D eigenvalue weighted by Crippen LogP contribution is 2.38. The molecule has 0 amide bonds. The summed E-state index contributed by atoms with van der Waals surface area (Å²) in [5.74, 6) is 0.455. The van der Waals surface area contributed by atoms with E-state index in [1.807, 2.05) is 0 Å². The van der Waals surface area contributed by atoms with E-state index in [4.69, 9.17) is 33.4 Å². The smallest absolute Gasteiger partial charge is 0.227 e.